The van der Waals surface area contributed by atoms with Gasteiger partial charge in [-0.2, -0.15) is 0 Å². The molecule has 0 saturated heterocycles. The summed E-state index contributed by atoms with van der Waals surface area (Å²) in [5, 5.41) is 3.19. The van der Waals surface area contributed by atoms with E-state index in [0.717, 1.165) is 19.3 Å². The lowest BCUT2D eigenvalue weighted by Crippen LogP contribution is -2.45. The highest BCUT2D eigenvalue weighted by Crippen LogP contribution is 2.19. The maximum atomic E-state index is 11.2. The molecule has 1 aliphatic rings. The molecule has 1 unspecified atom stereocenters. The predicted molar refractivity (Wildman–Crippen MR) is 70.1 cm³/mol. The van der Waals surface area contributed by atoms with Crippen molar-refractivity contribution in [2.24, 2.45) is 5.73 Å². The second-order valence-corrected chi connectivity index (χ2v) is 4.71. The topological polar surface area (TPSA) is 64.4 Å². The lowest BCUT2D eigenvalue weighted by Gasteiger charge is -2.15. The van der Waals surface area contributed by atoms with Gasteiger partial charge in [0.15, 0.2) is 0 Å². The van der Waals surface area contributed by atoms with Gasteiger partial charge in [0, 0.05) is 6.04 Å². The van der Waals surface area contributed by atoms with Crippen LogP contribution in [0.4, 0.5) is 0 Å². The summed E-state index contributed by atoms with van der Waals surface area (Å²) in [5.74, 6) is -0.332. The first-order valence-electron chi connectivity index (χ1n) is 6.43. The average molecular weight is 248 g/mol. The van der Waals surface area contributed by atoms with Gasteiger partial charge >= 0.3 is 0 Å². The zero-order valence-electron chi connectivity index (χ0n) is 10.5. The normalized spacial score (nSPS) is 16.4. The van der Waals surface area contributed by atoms with Crippen LogP contribution in [0.3, 0.4) is 0 Å². The van der Waals surface area contributed by atoms with Crippen LogP contribution in [0.25, 0.3) is 0 Å². The fourth-order valence-electron chi connectivity index (χ4n) is 1.78. The number of hydrogen-bond acceptors (Lipinski definition) is 3. The van der Waals surface area contributed by atoms with Crippen molar-refractivity contribution in [3.05, 3.63) is 35.9 Å². The highest BCUT2D eigenvalue weighted by Gasteiger charge is 2.27. The van der Waals surface area contributed by atoms with E-state index in [0.29, 0.717) is 19.3 Å². The first-order chi connectivity index (χ1) is 8.75. The van der Waals surface area contributed by atoms with Crippen LogP contribution < -0.4 is 11.1 Å². The molecular formula is C14H20N2O2. The average Bonchev–Trinajstić information content (AvgIpc) is 3.18. The van der Waals surface area contributed by atoms with Crippen molar-refractivity contribution in [1.82, 2.24) is 5.32 Å². The Bertz CT molecular complexity index is 377. The number of nitrogens with two attached hydrogens (primary N) is 1. The molecule has 1 saturated carbocycles. The molecule has 0 heterocycles. The standard InChI is InChI=1S/C14H20N2O2/c15-14(17)13(16-12-6-7-12)10-18-9-8-11-4-2-1-3-5-11/h1-5,12-13,16H,6-10H2,(H2,15,17). The molecular weight excluding hydrogens is 228 g/mol. The molecule has 1 aliphatic carbocycles. The molecule has 0 radical (unpaired) electrons. The molecule has 0 bridgehead atoms. The molecule has 1 atom stereocenters. The van der Waals surface area contributed by atoms with E-state index in [1.165, 1.54) is 5.56 Å². The fourth-order valence-corrected chi connectivity index (χ4v) is 1.78. The van der Waals surface area contributed by atoms with Crippen molar-refractivity contribution in [3.63, 3.8) is 0 Å². The molecule has 0 spiro atoms. The number of ether oxygens (including phenoxy) is 1. The zero-order valence-corrected chi connectivity index (χ0v) is 10.5. The summed E-state index contributed by atoms with van der Waals surface area (Å²) in [7, 11) is 0. The molecule has 0 aromatic heterocycles. The number of nitrogens with one attached hydrogen (secondary N) is 1. The third kappa shape index (κ3) is 4.47. The van der Waals surface area contributed by atoms with Crippen molar-refractivity contribution in [1.29, 1.82) is 0 Å². The van der Waals surface area contributed by atoms with Gasteiger partial charge in [-0.3, -0.25) is 4.79 Å². The molecule has 3 N–H and O–H groups in total. The van der Waals surface area contributed by atoms with Crippen LogP contribution in [0.1, 0.15) is 18.4 Å². The number of amides is 1. The largest absolute Gasteiger partial charge is 0.379 e. The summed E-state index contributed by atoms with van der Waals surface area (Å²) in [6.45, 7) is 0.971. The third-order valence-electron chi connectivity index (χ3n) is 3.02. The molecule has 2 rings (SSSR count). The van der Waals surface area contributed by atoms with Crippen LogP contribution in [0.5, 0.6) is 0 Å². The highest BCUT2D eigenvalue weighted by atomic mass is 16.5. The van der Waals surface area contributed by atoms with E-state index in [1.54, 1.807) is 0 Å². The minimum absolute atomic E-state index is 0.332. The van der Waals surface area contributed by atoms with Crippen LogP contribution >= 0.6 is 0 Å². The Kier molecular flexibility index (Phi) is 4.73. The smallest absolute Gasteiger partial charge is 0.236 e. The number of benzene rings is 1. The van der Waals surface area contributed by atoms with Crippen LogP contribution in [-0.2, 0) is 16.0 Å². The second kappa shape index (κ2) is 6.52. The van der Waals surface area contributed by atoms with Gasteiger partial charge in [-0.25, -0.2) is 0 Å². The number of hydrogen-bond donors (Lipinski definition) is 2. The Balaban J connectivity index is 1.65. The van der Waals surface area contributed by atoms with Crippen molar-refractivity contribution in [3.8, 4) is 0 Å². The molecule has 1 aromatic rings. The lowest BCUT2D eigenvalue weighted by atomic mass is 10.2. The number of primary amides is 1. The SMILES string of the molecule is NC(=O)C(COCCc1ccccc1)NC1CC1. The summed E-state index contributed by atoms with van der Waals surface area (Å²) in [5.41, 5.74) is 6.56. The van der Waals surface area contributed by atoms with Gasteiger partial charge in [0.05, 0.1) is 13.2 Å². The molecule has 1 aromatic carbocycles. The lowest BCUT2D eigenvalue weighted by molar-refractivity contribution is -0.121. The number of rotatable bonds is 8. The highest BCUT2D eigenvalue weighted by molar-refractivity contribution is 5.80. The first-order valence-corrected chi connectivity index (χ1v) is 6.43. The maximum Gasteiger partial charge on any atom is 0.236 e. The van der Waals surface area contributed by atoms with Gasteiger partial charge in [0.1, 0.15) is 6.04 Å². The quantitative estimate of drug-likeness (QED) is 0.670. The van der Waals surface area contributed by atoms with Crippen molar-refractivity contribution in [2.75, 3.05) is 13.2 Å². The molecule has 98 valence electrons. The Labute approximate surface area is 108 Å². The summed E-state index contributed by atoms with van der Waals surface area (Å²) in [6, 6.07) is 10.3. The first kappa shape index (κ1) is 13.1. The Morgan fingerprint density at radius 1 is 1.39 bits per heavy atom. The van der Waals surface area contributed by atoms with E-state index in [-0.39, 0.29) is 11.9 Å². The molecule has 4 heteroatoms. The van der Waals surface area contributed by atoms with Crippen molar-refractivity contribution in [2.45, 2.75) is 31.3 Å². The summed E-state index contributed by atoms with van der Waals surface area (Å²) < 4.78 is 5.53. The Morgan fingerprint density at radius 2 is 2.11 bits per heavy atom. The van der Waals surface area contributed by atoms with Crippen LogP contribution in [0, 0.1) is 0 Å². The van der Waals surface area contributed by atoms with Gasteiger partial charge in [-0.1, -0.05) is 30.3 Å². The van der Waals surface area contributed by atoms with E-state index in [1.807, 2.05) is 18.2 Å². The summed E-state index contributed by atoms with van der Waals surface area (Å²) >= 11 is 0. The number of carbonyl (C=O) groups excluding carboxylic acids is 1. The van der Waals surface area contributed by atoms with E-state index in [2.05, 4.69) is 17.4 Å². The molecule has 1 amide bonds. The van der Waals surface area contributed by atoms with Crippen molar-refractivity contribution < 1.29 is 9.53 Å². The Hall–Kier alpha value is -1.39. The van der Waals surface area contributed by atoms with Crippen LogP contribution in [0.15, 0.2) is 30.3 Å². The van der Waals surface area contributed by atoms with Crippen molar-refractivity contribution >= 4 is 5.91 Å². The van der Waals surface area contributed by atoms with Crippen LogP contribution in [-0.4, -0.2) is 31.2 Å². The molecule has 18 heavy (non-hydrogen) atoms. The van der Waals surface area contributed by atoms with Gasteiger partial charge in [-0.15, -0.1) is 0 Å². The monoisotopic (exact) mass is 248 g/mol. The molecule has 1 fully saturated rings. The van der Waals surface area contributed by atoms with E-state index in [9.17, 15) is 4.79 Å². The van der Waals surface area contributed by atoms with Gasteiger partial charge in [0.25, 0.3) is 0 Å². The van der Waals surface area contributed by atoms with E-state index in [4.69, 9.17) is 10.5 Å². The van der Waals surface area contributed by atoms with Gasteiger partial charge in [-0.05, 0) is 24.8 Å². The van der Waals surface area contributed by atoms with Gasteiger partial charge < -0.3 is 15.8 Å². The van der Waals surface area contributed by atoms with Gasteiger partial charge in [0.2, 0.25) is 5.91 Å². The zero-order chi connectivity index (χ0) is 12.8. The van der Waals surface area contributed by atoms with E-state index >= 15 is 0 Å². The third-order valence-corrected chi connectivity index (χ3v) is 3.02. The minimum Gasteiger partial charge on any atom is -0.379 e. The predicted octanol–water partition coefficient (Wildman–Crippen LogP) is 0.852. The minimum atomic E-state index is -0.353. The van der Waals surface area contributed by atoms with E-state index < -0.39 is 0 Å². The molecule has 4 nitrogen and oxygen atoms in total. The second-order valence-electron chi connectivity index (χ2n) is 4.71. The summed E-state index contributed by atoms with van der Waals surface area (Å²) in [4.78, 5) is 11.2. The molecule has 0 aliphatic heterocycles. The summed E-state index contributed by atoms with van der Waals surface area (Å²) in [6.07, 6.45) is 3.12. The number of carbonyl (C=O) groups is 1. The van der Waals surface area contributed by atoms with Crippen LogP contribution in [0.2, 0.25) is 0 Å². The Morgan fingerprint density at radius 3 is 2.72 bits per heavy atom. The maximum absolute atomic E-state index is 11.2. The fraction of sp³-hybridized carbons (Fsp3) is 0.500.